The van der Waals surface area contributed by atoms with E-state index in [0.717, 1.165) is 25.3 Å². The number of rotatable bonds is 9. The lowest BCUT2D eigenvalue weighted by Crippen LogP contribution is -2.56. The topological polar surface area (TPSA) is 128 Å². The van der Waals surface area contributed by atoms with E-state index in [2.05, 4.69) is 67.5 Å². The number of para-hydroxylation sites is 1. The van der Waals surface area contributed by atoms with Crippen LogP contribution in [0.5, 0.6) is 0 Å². The first-order valence-electron chi connectivity index (χ1n) is 14.3. The Kier molecular flexibility index (Phi) is 7.62. The van der Waals surface area contributed by atoms with Crippen molar-refractivity contribution in [2.75, 3.05) is 31.2 Å². The predicted octanol–water partition coefficient (Wildman–Crippen LogP) is 2.42. The lowest BCUT2D eigenvalue weighted by molar-refractivity contribution is -0.137. The van der Waals surface area contributed by atoms with E-state index in [1.54, 1.807) is 11.1 Å². The van der Waals surface area contributed by atoms with Gasteiger partial charge in [-0.25, -0.2) is 4.98 Å². The minimum Gasteiger partial charge on any atom is -0.368 e. The van der Waals surface area contributed by atoms with Gasteiger partial charge in [-0.15, -0.1) is 0 Å². The minimum atomic E-state index is -0.921. The van der Waals surface area contributed by atoms with E-state index in [0.29, 0.717) is 25.2 Å². The van der Waals surface area contributed by atoms with Gasteiger partial charge in [0.2, 0.25) is 17.7 Å². The van der Waals surface area contributed by atoms with E-state index in [-0.39, 0.29) is 18.9 Å². The van der Waals surface area contributed by atoms with Gasteiger partial charge in [0.15, 0.2) is 0 Å². The zero-order valence-corrected chi connectivity index (χ0v) is 23.4. The zero-order valence-electron chi connectivity index (χ0n) is 23.4. The largest absolute Gasteiger partial charge is 0.368 e. The number of carbonyl (C=O) groups is 3. The van der Waals surface area contributed by atoms with Crippen molar-refractivity contribution in [3.05, 3.63) is 96.6 Å². The minimum absolute atomic E-state index is 0.0609. The van der Waals surface area contributed by atoms with Gasteiger partial charge in [-0.2, -0.15) is 0 Å². The third-order valence-corrected chi connectivity index (χ3v) is 8.52. The van der Waals surface area contributed by atoms with Crippen molar-refractivity contribution in [1.29, 1.82) is 0 Å². The summed E-state index contributed by atoms with van der Waals surface area (Å²) < 4.78 is 0. The molecule has 2 saturated heterocycles. The Balaban J connectivity index is 1.17. The van der Waals surface area contributed by atoms with Crippen LogP contribution in [0.15, 0.2) is 85.3 Å². The summed E-state index contributed by atoms with van der Waals surface area (Å²) in [6, 6.07) is 23.8. The van der Waals surface area contributed by atoms with E-state index in [9.17, 15) is 14.4 Å². The van der Waals surface area contributed by atoms with Gasteiger partial charge >= 0.3 is 0 Å². The Hall–Kier alpha value is -4.70. The number of nitrogens with zero attached hydrogens (tertiary/aromatic N) is 4. The number of nitrogens with one attached hydrogen (secondary N) is 2. The van der Waals surface area contributed by atoms with Crippen LogP contribution in [0.4, 0.5) is 5.69 Å². The summed E-state index contributed by atoms with van der Waals surface area (Å²) in [7, 11) is 0. The summed E-state index contributed by atoms with van der Waals surface area (Å²) >= 11 is 0. The fourth-order valence-electron chi connectivity index (χ4n) is 6.32. The van der Waals surface area contributed by atoms with Gasteiger partial charge in [-0.05, 0) is 41.3 Å². The molecule has 0 bridgehead atoms. The number of aromatic amines is 1. The van der Waals surface area contributed by atoms with Gasteiger partial charge in [0.1, 0.15) is 18.1 Å². The highest BCUT2D eigenvalue weighted by molar-refractivity contribution is 5.97. The van der Waals surface area contributed by atoms with E-state index in [1.165, 1.54) is 22.7 Å². The number of carbonyl (C=O) groups excluding carboxylic acids is 3. The molecular weight excluding hydrogens is 530 g/mol. The molecule has 0 radical (unpaired) electrons. The first-order chi connectivity index (χ1) is 20.4. The SMILES string of the molecule is NC(=O)C(Cc1c[nH]cn1)NC(=O)CN1CN(c2ccccc2)C2(CCN(Cc3cccc4ccccc34)CC2)C1=O. The number of nitrogens with two attached hydrogens (primary N) is 1. The summed E-state index contributed by atoms with van der Waals surface area (Å²) in [6.07, 6.45) is 4.62. The lowest BCUT2D eigenvalue weighted by Gasteiger charge is -2.43. The highest BCUT2D eigenvalue weighted by Gasteiger charge is 2.54. The molecule has 1 atom stereocenters. The maximum absolute atomic E-state index is 14.1. The first kappa shape index (κ1) is 27.5. The second-order valence-electron chi connectivity index (χ2n) is 11.1. The monoisotopic (exact) mass is 565 g/mol. The number of hydrogen-bond donors (Lipinski definition) is 3. The molecule has 6 rings (SSSR count). The molecule has 1 unspecified atom stereocenters. The predicted molar refractivity (Wildman–Crippen MR) is 160 cm³/mol. The Labute approximate surface area is 244 Å². The van der Waals surface area contributed by atoms with Gasteiger partial charge in [0.05, 0.1) is 18.7 Å². The van der Waals surface area contributed by atoms with Crippen LogP contribution in [-0.4, -0.2) is 75.4 Å². The highest BCUT2D eigenvalue weighted by atomic mass is 16.2. The molecule has 2 aliphatic rings. The van der Waals surface area contributed by atoms with Crippen molar-refractivity contribution < 1.29 is 14.4 Å². The van der Waals surface area contributed by atoms with Crippen molar-refractivity contribution >= 4 is 34.2 Å². The lowest BCUT2D eigenvalue weighted by atomic mass is 9.85. The normalized spacial score (nSPS) is 17.6. The molecule has 42 heavy (non-hydrogen) atoms. The number of benzene rings is 3. The number of likely N-dealkylation sites (tertiary alicyclic amines) is 1. The van der Waals surface area contributed by atoms with Crippen LogP contribution in [0.2, 0.25) is 0 Å². The van der Waals surface area contributed by atoms with Gasteiger partial charge < -0.3 is 25.8 Å². The number of anilines is 1. The molecule has 3 heterocycles. The maximum Gasteiger partial charge on any atom is 0.250 e. The van der Waals surface area contributed by atoms with Gasteiger partial charge in [0.25, 0.3) is 0 Å². The average molecular weight is 566 g/mol. The smallest absolute Gasteiger partial charge is 0.250 e. The molecule has 10 heteroatoms. The van der Waals surface area contributed by atoms with Crippen LogP contribution in [-0.2, 0) is 27.3 Å². The van der Waals surface area contributed by atoms with Gasteiger partial charge in [-0.1, -0.05) is 60.7 Å². The van der Waals surface area contributed by atoms with E-state index in [1.807, 2.05) is 30.3 Å². The number of amides is 3. The number of fused-ring (bicyclic) bond motifs is 1. The van der Waals surface area contributed by atoms with Crippen LogP contribution in [0, 0.1) is 0 Å². The molecule has 4 aromatic rings. The number of primary amides is 1. The fourth-order valence-corrected chi connectivity index (χ4v) is 6.32. The van der Waals surface area contributed by atoms with Crippen LogP contribution in [0.3, 0.4) is 0 Å². The number of imidazole rings is 1. The molecule has 3 amide bonds. The van der Waals surface area contributed by atoms with Crippen LogP contribution in [0.25, 0.3) is 10.8 Å². The van der Waals surface area contributed by atoms with Crippen LogP contribution < -0.4 is 16.0 Å². The molecule has 216 valence electrons. The van der Waals surface area contributed by atoms with Crippen molar-refractivity contribution in [2.24, 2.45) is 5.73 Å². The van der Waals surface area contributed by atoms with Crippen molar-refractivity contribution in [2.45, 2.75) is 37.4 Å². The summed E-state index contributed by atoms with van der Waals surface area (Å²) in [5.41, 5.74) is 7.66. The van der Waals surface area contributed by atoms with Crippen molar-refractivity contribution in [3.63, 3.8) is 0 Å². The first-order valence-corrected chi connectivity index (χ1v) is 14.3. The molecule has 2 fully saturated rings. The second-order valence-corrected chi connectivity index (χ2v) is 11.1. The average Bonchev–Trinajstić information content (AvgIpc) is 3.61. The molecule has 1 aromatic heterocycles. The molecular formula is C32H35N7O3. The van der Waals surface area contributed by atoms with E-state index < -0.39 is 23.4 Å². The van der Waals surface area contributed by atoms with Crippen LogP contribution >= 0.6 is 0 Å². The van der Waals surface area contributed by atoms with Gasteiger partial charge in [0, 0.05) is 37.9 Å². The van der Waals surface area contributed by atoms with Crippen molar-refractivity contribution in [1.82, 2.24) is 25.1 Å². The Morgan fingerprint density at radius 1 is 1.00 bits per heavy atom. The van der Waals surface area contributed by atoms with E-state index in [4.69, 9.17) is 5.73 Å². The summed E-state index contributed by atoms with van der Waals surface area (Å²) in [5.74, 6) is -1.14. The summed E-state index contributed by atoms with van der Waals surface area (Å²) in [5, 5.41) is 5.18. The van der Waals surface area contributed by atoms with Crippen molar-refractivity contribution in [3.8, 4) is 0 Å². The molecule has 2 aliphatic heterocycles. The quantitative estimate of drug-likeness (QED) is 0.286. The summed E-state index contributed by atoms with van der Waals surface area (Å²) in [6.45, 7) is 2.46. The molecule has 4 N–H and O–H groups in total. The molecule has 1 spiro atoms. The standard InChI is InChI=1S/C32H35N7O3/c33-30(41)28(17-25-18-34-21-35-25)36-29(40)20-38-22-39(26-10-2-1-3-11-26)32(31(38)42)13-15-37(16-14-32)19-24-9-6-8-23-7-4-5-12-27(23)24/h1-12,18,21,28H,13-17,19-20,22H2,(H2,33,41)(H,34,35)(H,36,40). The fraction of sp³-hybridized carbons (Fsp3) is 0.312. The highest BCUT2D eigenvalue weighted by Crippen LogP contribution is 2.40. The molecule has 3 aromatic carbocycles. The maximum atomic E-state index is 14.1. The molecule has 0 saturated carbocycles. The van der Waals surface area contributed by atoms with Crippen LogP contribution in [0.1, 0.15) is 24.1 Å². The number of H-pyrrole nitrogens is 1. The molecule has 10 nitrogen and oxygen atoms in total. The Morgan fingerprint density at radius 2 is 1.74 bits per heavy atom. The Morgan fingerprint density at radius 3 is 2.48 bits per heavy atom. The second kappa shape index (κ2) is 11.7. The number of hydrogen-bond acceptors (Lipinski definition) is 6. The summed E-state index contributed by atoms with van der Waals surface area (Å²) in [4.78, 5) is 52.3. The number of piperidine rings is 1. The third-order valence-electron chi connectivity index (χ3n) is 8.52. The van der Waals surface area contributed by atoms with E-state index >= 15 is 0 Å². The zero-order chi connectivity index (χ0) is 29.1. The Bertz CT molecular complexity index is 1560. The third kappa shape index (κ3) is 5.45. The molecule has 0 aliphatic carbocycles. The number of aromatic nitrogens is 2. The van der Waals surface area contributed by atoms with Gasteiger partial charge in [-0.3, -0.25) is 19.3 Å².